The maximum atomic E-state index is 13.2. The molecule has 1 aliphatic heterocycles. The maximum Gasteiger partial charge on any atom is 0.240 e. The highest BCUT2D eigenvalue weighted by molar-refractivity contribution is 7.89. The van der Waals surface area contributed by atoms with Crippen LogP contribution in [0.4, 0.5) is 10.2 Å². The van der Waals surface area contributed by atoms with Crippen molar-refractivity contribution in [3.63, 3.8) is 0 Å². The molecule has 0 atom stereocenters. The summed E-state index contributed by atoms with van der Waals surface area (Å²) < 4.78 is 45.5. The minimum atomic E-state index is -3.66. The number of unbranched alkanes of at least 4 members (excludes halogenated alkanes) is 1. The van der Waals surface area contributed by atoms with Crippen molar-refractivity contribution in [1.29, 1.82) is 0 Å². The minimum Gasteiger partial charge on any atom is -0.354 e. The van der Waals surface area contributed by atoms with E-state index in [0.29, 0.717) is 6.54 Å². The van der Waals surface area contributed by atoms with Gasteiger partial charge in [-0.1, -0.05) is 23.4 Å². The van der Waals surface area contributed by atoms with Gasteiger partial charge in [-0.15, -0.1) is 0 Å². The van der Waals surface area contributed by atoms with Crippen molar-refractivity contribution in [3.8, 4) is 0 Å². The summed E-state index contributed by atoms with van der Waals surface area (Å²) in [4.78, 5) is 4.58. The minimum absolute atomic E-state index is 0.0426. The Bertz CT molecular complexity index is 1090. The van der Waals surface area contributed by atoms with Gasteiger partial charge < -0.3 is 9.42 Å². The Balaban J connectivity index is 1.18. The second-order valence-electron chi connectivity index (χ2n) is 7.39. The average Bonchev–Trinajstić information content (AvgIpc) is 3.18. The Morgan fingerprint density at radius 1 is 1.03 bits per heavy atom. The number of rotatable bonds is 8. The largest absolute Gasteiger partial charge is 0.354 e. The van der Waals surface area contributed by atoms with E-state index >= 15 is 0 Å². The van der Waals surface area contributed by atoms with Crippen molar-refractivity contribution in [2.24, 2.45) is 0 Å². The number of nitrogens with one attached hydrogen (secondary N) is 1. The van der Waals surface area contributed by atoms with Crippen molar-refractivity contribution >= 4 is 26.8 Å². The van der Waals surface area contributed by atoms with Gasteiger partial charge in [0.15, 0.2) is 11.4 Å². The Morgan fingerprint density at radius 3 is 2.63 bits per heavy atom. The zero-order valence-corrected chi connectivity index (χ0v) is 17.4. The molecule has 160 valence electrons. The smallest absolute Gasteiger partial charge is 0.240 e. The van der Waals surface area contributed by atoms with Crippen LogP contribution in [0.2, 0.25) is 0 Å². The molecule has 2 heterocycles. The van der Waals surface area contributed by atoms with Crippen LogP contribution in [0.25, 0.3) is 11.0 Å². The van der Waals surface area contributed by atoms with Gasteiger partial charge in [-0.05, 0) is 49.7 Å². The molecule has 0 radical (unpaired) electrons. The molecule has 0 aliphatic carbocycles. The van der Waals surface area contributed by atoms with E-state index in [2.05, 4.69) is 19.7 Å². The van der Waals surface area contributed by atoms with E-state index in [1.165, 1.54) is 18.2 Å². The number of anilines is 1. The Hall–Kier alpha value is -2.49. The third-order valence-corrected chi connectivity index (χ3v) is 6.79. The van der Waals surface area contributed by atoms with Gasteiger partial charge in [-0.2, -0.15) is 0 Å². The van der Waals surface area contributed by atoms with Gasteiger partial charge in [0.2, 0.25) is 10.0 Å². The molecule has 0 amide bonds. The predicted octanol–water partition coefficient (Wildman–Crippen LogP) is 2.85. The third-order valence-electron chi connectivity index (χ3n) is 5.33. The highest BCUT2D eigenvalue weighted by atomic mass is 32.2. The van der Waals surface area contributed by atoms with Crippen molar-refractivity contribution in [2.45, 2.75) is 17.7 Å². The Kier molecular flexibility index (Phi) is 6.31. The highest BCUT2D eigenvalue weighted by Crippen LogP contribution is 2.26. The molecule has 3 aromatic rings. The lowest BCUT2D eigenvalue weighted by Gasteiger charge is -2.34. The molecule has 1 aliphatic rings. The molecule has 0 bridgehead atoms. The number of para-hydroxylation sites is 1. The lowest BCUT2D eigenvalue weighted by atomic mass is 10.2. The first-order valence-electron chi connectivity index (χ1n) is 10.1. The lowest BCUT2D eigenvalue weighted by molar-refractivity contribution is 0.252. The number of nitrogens with zero attached hydrogens (tertiary/aromatic N) is 3. The van der Waals surface area contributed by atoms with E-state index in [9.17, 15) is 12.8 Å². The number of hydrogen-bond acceptors (Lipinski definition) is 6. The number of fused-ring (bicyclic) bond motifs is 1. The van der Waals surface area contributed by atoms with Crippen LogP contribution in [-0.2, 0) is 10.0 Å². The fourth-order valence-electron chi connectivity index (χ4n) is 3.67. The summed E-state index contributed by atoms with van der Waals surface area (Å²) in [7, 11) is -3.66. The first-order chi connectivity index (χ1) is 14.5. The number of aromatic nitrogens is 1. The first kappa shape index (κ1) is 20.8. The molecule has 1 fully saturated rings. The van der Waals surface area contributed by atoms with Crippen LogP contribution in [0.3, 0.4) is 0 Å². The molecule has 4 rings (SSSR count). The summed E-state index contributed by atoms with van der Waals surface area (Å²) in [5.41, 5.74) is 0.802. The molecule has 2 aromatic carbocycles. The summed E-state index contributed by atoms with van der Waals surface area (Å²) in [6.07, 6.45) is 1.61. The van der Waals surface area contributed by atoms with Gasteiger partial charge >= 0.3 is 0 Å². The first-order valence-corrected chi connectivity index (χ1v) is 11.6. The molecule has 9 heteroatoms. The Morgan fingerprint density at radius 2 is 1.83 bits per heavy atom. The van der Waals surface area contributed by atoms with Crippen LogP contribution in [0.1, 0.15) is 12.8 Å². The number of halogens is 1. The SMILES string of the molecule is O=S(=O)(NCCCCN1CCN(c2noc3ccccc23)CC1)c1cccc(F)c1. The van der Waals surface area contributed by atoms with E-state index in [-0.39, 0.29) is 4.90 Å². The standard InChI is InChI=1S/C21H25FN4O3S/c22-17-6-5-7-18(16-17)30(27,28)23-10-3-4-11-25-12-14-26(15-13-25)21-19-8-1-2-9-20(19)29-24-21/h1-2,5-9,16,23H,3-4,10-15H2. The quantitative estimate of drug-likeness (QED) is 0.552. The summed E-state index contributed by atoms with van der Waals surface area (Å²) in [5.74, 6) is 0.340. The molecule has 7 nitrogen and oxygen atoms in total. The number of benzene rings is 2. The van der Waals surface area contributed by atoms with Crippen LogP contribution < -0.4 is 9.62 Å². The van der Waals surface area contributed by atoms with Crippen LogP contribution in [0.5, 0.6) is 0 Å². The molecule has 0 spiro atoms. The van der Waals surface area contributed by atoms with Crippen LogP contribution >= 0.6 is 0 Å². The van der Waals surface area contributed by atoms with Gasteiger partial charge in [0.05, 0.1) is 10.3 Å². The van der Waals surface area contributed by atoms with E-state index < -0.39 is 15.8 Å². The molecule has 0 saturated carbocycles. The second kappa shape index (κ2) is 9.11. The fraction of sp³-hybridized carbons (Fsp3) is 0.381. The molecular formula is C21H25FN4O3S. The van der Waals surface area contributed by atoms with E-state index in [0.717, 1.165) is 68.4 Å². The lowest BCUT2D eigenvalue weighted by Crippen LogP contribution is -2.46. The summed E-state index contributed by atoms with van der Waals surface area (Å²) in [6, 6.07) is 12.9. The molecule has 1 N–H and O–H groups in total. The van der Waals surface area contributed by atoms with Crippen LogP contribution in [0.15, 0.2) is 57.9 Å². The van der Waals surface area contributed by atoms with Crippen LogP contribution in [-0.4, -0.2) is 57.7 Å². The normalized spacial score (nSPS) is 15.7. The zero-order chi connectivity index (χ0) is 21.0. The second-order valence-corrected chi connectivity index (χ2v) is 9.16. The summed E-state index contributed by atoms with van der Waals surface area (Å²) in [6.45, 7) is 4.86. The summed E-state index contributed by atoms with van der Waals surface area (Å²) in [5, 5.41) is 5.27. The zero-order valence-electron chi connectivity index (χ0n) is 16.6. The van der Waals surface area contributed by atoms with Crippen molar-refractivity contribution in [3.05, 3.63) is 54.3 Å². The molecule has 1 aromatic heterocycles. The number of piperazine rings is 1. The number of sulfonamides is 1. The third kappa shape index (κ3) is 4.80. The average molecular weight is 433 g/mol. The van der Waals surface area contributed by atoms with Gasteiger partial charge in [0, 0.05) is 32.7 Å². The molecule has 1 saturated heterocycles. The topological polar surface area (TPSA) is 78.7 Å². The Labute approximate surface area is 175 Å². The van der Waals surface area contributed by atoms with Gasteiger partial charge in [0.1, 0.15) is 5.82 Å². The molecular weight excluding hydrogens is 407 g/mol. The van der Waals surface area contributed by atoms with E-state index in [1.54, 1.807) is 0 Å². The highest BCUT2D eigenvalue weighted by Gasteiger charge is 2.21. The predicted molar refractivity (Wildman–Crippen MR) is 113 cm³/mol. The van der Waals surface area contributed by atoms with Crippen LogP contribution in [0, 0.1) is 5.82 Å². The molecule has 0 unspecified atom stereocenters. The fourth-order valence-corrected chi connectivity index (χ4v) is 4.77. The maximum absolute atomic E-state index is 13.2. The van der Waals surface area contributed by atoms with Crippen molar-refractivity contribution in [2.75, 3.05) is 44.2 Å². The van der Waals surface area contributed by atoms with Gasteiger partial charge in [-0.3, -0.25) is 4.90 Å². The van der Waals surface area contributed by atoms with E-state index in [1.807, 2.05) is 24.3 Å². The van der Waals surface area contributed by atoms with Crippen molar-refractivity contribution < 1.29 is 17.3 Å². The monoisotopic (exact) mass is 432 g/mol. The van der Waals surface area contributed by atoms with Gasteiger partial charge in [-0.25, -0.2) is 17.5 Å². The van der Waals surface area contributed by atoms with Gasteiger partial charge in [0.25, 0.3) is 0 Å². The number of hydrogen-bond donors (Lipinski definition) is 1. The van der Waals surface area contributed by atoms with E-state index in [4.69, 9.17) is 4.52 Å². The molecule has 30 heavy (non-hydrogen) atoms. The summed E-state index contributed by atoms with van der Waals surface area (Å²) >= 11 is 0. The van der Waals surface area contributed by atoms with Crippen molar-refractivity contribution in [1.82, 2.24) is 14.8 Å².